The fourth-order valence-corrected chi connectivity index (χ4v) is 4.30. The third kappa shape index (κ3) is 3.43. The highest BCUT2D eigenvalue weighted by molar-refractivity contribution is 7.99. The van der Waals surface area contributed by atoms with Crippen molar-refractivity contribution in [1.29, 1.82) is 0 Å². The van der Waals surface area contributed by atoms with Gasteiger partial charge >= 0.3 is 0 Å². The van der Waals surface area contributed by atoms with Gasteiger partial charge in [-0.05, 0) is 25.7 Å². The number of aromatic nitrogens is 2. The maximum absolute atomic E-state index is 12.1. The molecule has 0 N–H and O–H groups in total. The van der Waals surface area contributed by atoms with Crippen molar-refractivity contribution in [3.8, 4) is 0 Å². The summed E-state index contributed by atoms with van der Waals surface area (Å²) >= 11 is 1.93. The normalized spacial score (nSPS) is 25.0. The summed E-state index contributed by atoms with van der Waals surface area (Å²) in [6.07, 6.45) is 10.1. The molecule has 4 nitrogen and oxygen atoms in total. The number of rotatable bonds is 4. The average molecular weight is 294 g/mol. The lowest BCUT2D eigenvalue weighted by atomic mass is 9.99. The molecule has 1 unspecified atom stereocenters. The maximum Gasteiger partial charge on any atom is 0.237 e. The lowest BCUT2D eigenvalue weighted by Crippen LogP contribution is -2.10. The highest BCUT2D eigenvalue weighted by atomic mass is 32.2. The summed E-state index contributed by atoms with van der Waals surface area (Å²) in [5.41, 5.74) is 0. The molecule has 0 saturated heterocycles. The minimum absolute atomic E-state index is 0.143. The number of hydrogen-bond donors (Lipinski definition) is 0. The molecular formula is C15H22N2O2S. The Morgan fingerprint density at radius 3 is 2.75 bits per heavy atom. The van der Waals surface area contributed by atoms with Crippen LogP contribution >= 0.6 is 11.8 Å². The van der Waals surface area contributed by atoms with Crippen LogP contribution in [0.1, 0.15) is 75.4 Å². The van der Waals surface area contributed by atoms with Gasteiger partial charge in [0.05, 0.1) is 11.7 Å². The highest BCUT2D eigenvalue weighted by Crippen LogP contribution is 2.32. The second-order valence-electron chi connectivity index (χ2n) is 5.88. The fourth-order valence-electron chi connectivity index (χ4n) is 3.14. The molecule has 2 aliphatic rings. The molecule has 5 heteroatoms. The Kier molecular flexibility index (Phi) is 4.76. The molecular weight excluding hydrogens is 272 g/mol. The molecule has 2 fully saturated rings. The van der Waals surface area contributed by atoms with Crippen LogP contribution in [-0.4, -0.2) is 21.2 Å². The summed E-state index contributed by atoms with van der Waals surface area (Å²) in [6, 6.07) is 0. The molecule has 0 spiro atoms. The smallest absolute Gasteiger partial charge is 0.237 e. The van der Waals surface area contributed by atoms with E-state index in [2.05, 4.69) is 10.1 Å². The van der Waals surface area contributed by atoms with Crippen LogP contribution in [0.4, 0.5) is 0 Å². The number of Topliss-reactive ketones (excluding diaryl/α,β-unsaturated/α-hetero) is 1. The molecule has 3 rings (SSSR count). The van der Waals surface area contributed by atoms with Gasteiger partial charge in [0.15, 0.2) is 5.82 Å². The van der Waals surface area contributed by atoms with Gasteiger partial charge in [0.1, 0.15) is 5.78 Å². The van der Waals surface area contributed by atoms with E-state index in [0.29, 0.717) is 12.3 Å². The third-order valence-corrected chi connectivity index (χ3v) is 5.70. The summed E-state index contributed by atoms with van der Waals surface area (Å²) in [4.78, 5) is 16.5. The standard InChI is InChI=1S/C15H22N2O2S/c18-13-9-3-1-2-8-12(13)15-16-14(17-19-15)10-20-11-6-4-5-7-11/h11-12H,1-10H2. The van der Waals surface area contributed by atoms with E-state index in [1.165, 1.54) is 25.7 Å². The molecule has 110 valence electrons. The van der Waals surface area contributed by atoms with E-state index >= 15 is 0 Å². The van der Waals surface area contributed by atoms with Gasteiger partial charge in [-0.1, -0.05) is 30.8 Å². The van der Waals surface area contributed by atoms with Crippen LogP contribution in [0.3, 0.4) is 0 Å². The summed E-state index contributed by atoms with van der Waals surface area (Å²) < 4.78 is 5.35. The number of carbonyl (C=O) groups is 1. The number of thioether (sulfide) groups is 1. The van der Waals surface area contributed by atoms with Gasteiger partial charge in [-0.2, -0.15) is 16.7 Å². The van der Waals surface area contributed by atoms with Gasteiger partial charge in [-0.3, -0.25) is 4.79 Å². The molecule has 0 aliphatic heterocycles. The number of hydrogen-bond acceptors (Lipinski definition) is 5. The zero-order chi connectivity index (χ0) is 13.8. The first-order chi connectivity index (χ1) is 9.83. The van der Waals surface area contributed by atoms with E-state index in [0.717, 1.165) is 42.5 Å². The first-order valence-corrected chi connectivity index (χ1v) is 8.84. The van der Waals surface area contributed by atoms with Crippen molar-refractivity contribution in [1.82, 2.24) is 10.1 Å². The van der Waals surface area contributed by atoms with Crippen molar-refractivity contribution in [2.24, 2.45) is 0 Å². The van der Waals surface area contributed by atoms with Crippen LogP contribution in [-0.2, 0) is 10.5 Å². The summed E-state index contributed by atoms with van der Waals surface area (Å²) in [5.74, 6) is 2.26. The van der Waals surface area contributed by atoms with Crippen LogP contribution in [0.25, 0.3) is 0 Å². The Balaban J connectivity index is 1.58. The van der Waals surface area contributed by atoms with E-state index < -0.39 is 0 Å². The van der Waals surface area contributed by atoms with Gasteiger partial charge in [-0.25, -0.2) is 0 Å². The lowest BCUT2D eigenvalue weighted by Gasteiger charge is -2.06. The first-order valence-electron chi connectivity index (χ1n) is 7.80. The largest absolute Gasteiger partial charge is 0.339 e. The van der Waals surface area contributed by atoms with Crippen molar-refractivity contribution in [2.75, 3.05) is 0 Å². The average Bonchev–Trinajstić information content (AvgIpc) is 3.08. The Labute approximate surface area is 124 Å². The molecule has 0 amide bonds. The van der Waals surface area contributed by atoms with E-state index in [9.17, 15) is 4.79 Å². The Bertz CT molecular complexity index is 454. The topological polar surface area (TPSA) is 56.0 Å². The van der Waals surface area contributed by atoms with Crippen LogP contribution in [0.15, 0.2) is 4.52 Å². The summed E-state index contributed by atoms with van der Waals surface area (Å²) in [7, 11) is 0. The number of carbonyl (C=O) groups excluding carboxylic acids is 1. The SMILES string of the molecule is O=C1CCCCCC1c1nc(CSC2CCCC2)no1. The van der Waals surface area contributed by atoms with Crippen LogP contribution in [0.2, 0.25) is 0 Å². The Morgan fingerprint density at radius 2 is 1.90 bits per heavy atom. The van der Waals surface area contributed by atoms with E-state index in [4.69, 9.17) is 4.52 Å². The predicted octanol–water partition coefficient (Wildman–Crippen LogP) is 3.86. The zero-order valence-corrected chi connectivity index (χ0v) is 12.7. The highest BCUT2D eigenvalue weighted by Gasteiger charge is 2.27. The summed E-state index contributed by atoms with van der Waals surface area (Å²) in [6.45, 7) is 0. The van der Waals surface area contributed by atoms with Crippen LogP contribution in [0.5, 0.6) is 0 Å². The molecule has 20 heavy (non-hydrogen) atoms. The monoisotopic (exact) mass is 294 g/mol. The molecule has 0 radical (unpaired) electrons. The molecule has 1 heterocycles. The van der Waals surface area contributed by atoms with Gasteiger partial charge < -0.3 is 4.52 Å². The zero-order valence-electron chi connectivity index (χ0n) is 11.8. The maximum atomic E-state index is 12.1. The first kappa shape index (κ1) is 14.1. The van der Waals surface area contributed by atoms with Crippen LogP contribution < -0.4 is 0 Å². The van der Waals surface area contributed by atoms with Crippen molar-refractivity contribution in [3.63, 3.8) is 0 Å². The van der Waals surface area contributed by atoms with Crippen LogP contribution in [0, 0.1) is 0 Å². The molecule has 2 saturated carbocycles. The van der Waals surface area contributed by atoms with Crippen molar-refractivity contribution >= 4 is 17.5 Å². The molecule has 0 aromatic carbocycles. The van der Waals surface area contributed by atoms with Gasteiger partial charge in [-0.15, -0.1) is 0 Å². The van der Waals surface area contributed by atoms with E-state index in [1.54, 1.807) is 0 Å². The van der Waals surface area contributed by atoms with Gasteiger partial charge in [0.2, 0.25) is 5.89 Å². The summed E-state index contributed by atoms with van der Waals surface area (Å²) in [5, 5.41) is 4.82. The lowest BCUT2D eigenvalue weighted by molar-refractivity contribution is -0.120. The van der Waals surface area contributed by atoms with Crippen molar-refractivity contribution in [2.45, 2.75) is 74.7 Å². The van der Waals surface area contributed by atoms with E-state index in [-0.39, 0.29) is 11.7 Å². The van der Waals surface area contributed by atoms with Gasteiger partial charge in [0.25, 0.3) is 0 Å². The minimum atomic E-state index is -0.143. The molecule has 1 aromatic heterocycles. The number of ketones is 1. The Hall–Kier alpha value is -0.840. The molecule has 2 aliphatic carbocycles. The quantitative estimate of drug-likeness (QED) is 0.789. The minimum Gasteiger partial charge on any atom is -0.339 e. The molecule has 0 bridgehead atoms. The van der Waals surface area contributed by atoms with Crippen molar-refractivity contribution in [3.05, 3.63) is 11.7 Å². The van der Waals surface area contributed by atoms with Crippen molar-refractivity contribution < 1.29 is 9.32 Å². The third-order valence-electron chi connectivity index (χ3n) is 4.34. The second kappa shape index (κ2) is 6.74. The van der Waals surface area contributed by atoms with Gasteiger partial charge in [0, 0.05) is 11.7 Å². The van der Waals surface area contributed by atoms with E-state index in [1.807, 2.05) is 11.8 Å². The Morgan fingerprint density at radius 1 is 1.10 bits per heavy atom. The fraction of sp³-hybridized carbons (Fsp3) is 0.800. The second-order valence-corrected chi connectivity index (χ2v) is 7.17. The molecule has 1 atom stereocenters. The molecule has 1 aromatic rings. The predicted molar refractivity (Wildman–Crippen MR) is 78.7 cm³/mol. The number of nitrogens with zero attached hydrogens (tertiary/aromatic N) is 2.